The molecule has 26 heavy (non-hydrogen) atoms. The molecule has 8 heteroatoms. The van der Waals surface area contributed by atoms with Crippen LogP contribution in [-0.4, -0.2) is 34.8 Å². The SMILES string of the molecule is N#Cc1cnc(NC(=O)c2ccc(CN3CCC[C@@H](C(N)=O)C3)cc2)s1. The van der Waals surface area contributed by atoms with Crippen molar-refractivity contribution >= 4 is 28.3 Å². The van der Waals surface area contributed by atoms with Crippen molar-refractivity contribution in [2.45, 2.75) is 19.4 Å². The molecule has 1 saturated heterocycles. The molecule has 1 aliphatic rings. The zero-order valence-electron chi connectivity index (χ0n) is 14.1. The van der Waals surface area contributed by atoms with Crippen LogP contribution in [0.2, 0.25) is 0 Å². The first-order chi connectivity index (χ1) is 12.5. The first-order valence-corrected chi connectivity index (χ1v) is 9.14. The first-order valence-electron chi connectivity index (χ1n) is 8.33. The maximum absolute atomic E-state index is 12.2. The smallest absolute Gasteiger partial charge is 0.257 e. The Kier molecular flexibility index (Phi) is 5.61. The van der Waals surface area contributed by atoms with Gasteiger partial charge in [0.25, 0.3) is 5.91 Å². The van der Waals surface area contributed by atoms with Crippen LogP contribution in [0.25, 0.3) is 0 Å². The predicted molar refractivity (Wildman–Crippen MR) is 98.4 cm³/mol. The van der Waals surface area contributed by atoms with E-state index in [0.717, 1.165) is 42.8 Å². The Labute approximate surface area is 155 Å². The number of piperidine rings is 1. The van der Waals surface area contributed by atoms with Crippen LogP contribution in [0.15, 0.2) is 30.5 Å². The lowest BCUT2D eigenvalue weighted by molar-refractivity contribution is -0.123. The number of nitriles is 1. The van der Waals surface area contributed by atoms with Crippen molar-refractivity contribution in [1.82, 2.24) is 9.88 Å². The van der Waals surface area contributed by atoms with Crippen molar-refractivity contribution in [3.8, 4) is 6.07 Å². The fourth-order valence-corrected chi connectivity index (χ4v) is 3.61. The van der Waals surface area contributed by atoms with E-state index in [1.807, 2.05) is 18.2 Å². The molecule has 1 atom stereocenters. The van der Waals surface area contributed by atoms with Crippen molar-refractivity contribution < 1.29 is 9.59 Å². The molecule has 3 N–H and O–H groups in total. The van der Waals surface area contributed by atoms with Crippen LogP contribution in [0, 0.1) is 17.2 Å². The van der Waals surface area contributed by atoms with E-state index < -0.39 is 0 Å². The van der Waals surface area contributed by atoms with Crippen LogP contribution >= 0.6 is 11.3 Å². The van der Waals surface area contributed by atoms with E-state index in [1.54, 1.807) is 12.1 Å². The number of nitrogens with zero attached hydrogens (tertiary/aromatic N) is 3. The van der Waals surface area contributed by atoms with Crippen molar-refractivity contribution in [3.63, 3.8) is 0 Å². The molecule has 2 amide bonds. The summed E-state index contributed by atoms with van der Waals surface area (Å²) in [5, 5.41) is 11.9. The van der Waals surface area contributed by atoms with Crippen LogP contribution in [0.5, 0.6) is 0 Å². The number of amides is 2. The summed E-state index contributed by atoms with van der Waals surface area (Å²) in [6.07, 6.45) is 3.25. The molecule has 0 radical (unpaired) electrons. The highest BCUT2D eigenvalue weighted by Gasteiger charge is 2.23. The summed E-state index contributed by atoms with van der Waals surface area (Å²) in [6.45, 7) is 2.35. The van der Waals surface area contributed by atoms with Gasteiger partial charge >= 0.3 is 0 Å². The van der Waals surface area contributed by atoms with Crippen LogP contribution in [0.3, 0.4) is 0 Å². The summed E-state index contributed by atoms with van der Waals surface area (Å²) in [5.41, 5.74) is 7.02. The van der Waals surface area contributed by atoms with Gasteiger partial charge in [-0.15, -0.1) is 0 Å². The molecular formula is C18H19N5O2S. The third-order valence-corrected chi connectivity index (χ3v) is 5.18. The Morgan fingerprint density at radius 2 is 2.15 bits per heavy atom. The Morgan fingerprint density at radius 1 is 1.38 bits per heavy atom. The van der Waals surface area contributed by atoms with Gasteiger partial charge in [0, 0.05) is 18.7 Å². The molecule has 1 aromatic carbocycles. The number of rotatable bonds is 5. The molecule has 2 heterocycles. The number of carbonyl (C=O) groups is 2. The molecule has 1 fully saturated rings. The number of nitrogens with two attached hydrogens (primary N) is 1. The Balaban J connectivity index is 1.58. The second kappa shape index (κ2) is 8.08. The maximum atomic E-state index is 12.2. The second-order valence-electron chi connectivity index (χ2n) is 6.27. The monoisotopic (exact) mass is 369 g/mol. The van der Waals surface area contributed by atoms with Crippen molar-refractivity contribution in [3.05, 3.63) is 46.5 Å². The molecule has 1 aliphatic heterocycles. The van der Waals surface area contributed by atoms with E-state index in [4.69, 9.17) is 11.0 Å². The molecule has 1 aromatic heterocycles. The zero-order chi connectivity index (χ0) is 18.5. The summed E-state index contributed by atoms with van der Waals surface area (Å²) in [5.74, 6) is -0.573. The number of benzene rings is 1. The maximum Gasteiger partial charge on any atom is 0.257 e. The van der Waals surface area contributed by atoms with Gasteiger partial charge in [-0.25, -0.2) is 4.98 Å². The van der Waals surface area contributed by atoms with Crippen LogP contribution in [0.1, 0.15) is 33.6 Å². The van der Waals surface area contributed by atoms with Crippen molar-refractivity contribution in [2.24, 2.45) is 11.7 Å². The predicted octanol–water partition coefficient (Wildman–Crippen LogP) is 1.96. The highest BCUT2D eigenvalue weighted by Crippen LogP contribution is 2.20. The van der Waals surface area contributed by atoms with Gasteiger partial charge in [0.2, 0.25) is 5.91 Å². The molecule has 7 nitrogen and oxygen atoms in total. The zero-order valence-corrected chi connectivity index (χ0v) is 15.0. The summed E-state index contributed by atoms with van der Waals surface area (Å²) < 4.78 is 0. The summed E-state index contributed by atoms with van der Waals surface area (Å²) in [6, 6.07) is 9.33. The Bertz CT molecular complexity index is 840. The lowest BCUT2D eigenvalue weighted by Crippen LogP contribution is -2.40. The minimum Gasteiger partial charge on any atom is -0.369 e. The number of hydrogen-bond acceptors (Lipinski definition) is 6. The minimum absolute atomic E-state index is 0.0783. The van der Waals surface area contributed by atoms with E-state index in [9.17, 15) is 9.59 Å². The average molecular weight is 369 g/mol. The number of thiazole rings is 1. The molecule has 0 bridgehead atoms. The van der Waals surface area contributed by atoms with Crippen LogP contribution in [0.4, 0.5) is 5.13 Å². The van der Waals surface area contributed by atoms with E-state index in [0.29, 0.717) is 22.1 Å². The van der Waals surface area contributed by atoms with E-state index in [2.05, 4.69) is 15.2 Å². The van der Waals surface area contributed by atoms with E-state index in [-0.39, 0.29) is 17.7 Å². The number of primary amides is 1. The fraction of sp³-hybridized carbons (Fsp3) is 0.333. The van der Waals surface area contributed by atoms with Gasteiger partial charge in [-0.3, -0.25) is 19.8 Å². The number of likely N-dealkylation sites (tertiary alicyclic amines) is 1. The van der Waals surface area contributed by atoms with Gasteiger partial charge in [0.05, 0.1) is 12.1 Å². The molecule has 0 aliphatic carbocycles. The number of carbonyl (C=O) groups excluding carboxylic acids is 2. The van der Waals surface area contributed by atoms with Crippen molar-refractivity contribution in [2.75, 3.05) is 18.4 Å². The number of nitrogens with one attached hydrogen (secondary N) is 1. The summed E-state index contributed by atoms with van der Waals surface area (Å²) in [7, 11) is 0. The number of aromatic nitrogens is 1. The van der Waals surface area contributed by atoms with Crippen molar-refractivity contribution in [1.29, 1.82) is 5.26 Å². The molecule has 0 saturated carbocycles. The highest BCUT2D eigenvalue weighted by molar-refractivity contribution is 7.16. The highest BCUT2D eigenvalue weighted by atomic mass is 32.1. The van der Waals surface area contributed by atoms with Gasteiger partial charge in [0.1, 0.15) is 10.9 Å². The van der Waals surface area contributed by atoms with Gasteiger partial charge in [-0.1, -0.05) is 23.5 Å². The third kappa shape index (κ3) is 4.45. The lowest BCUT2D eigenvalue weighted by Gasteiger charge is -2.31. The lowest BCUT2D eigenvalue weighted by atomic mass is 9.97. The van der Waals surface area contributed by atoms with Crippen LogP contribution in [-0.2, 0) is 11.3 Å². The molecule has 134 valence electrons. The summed E-state index contributed by atoms with van der Waals surface area (Å²) >= 11 is 1.14. The topological polar surface area (TPSA) is 112 Å². The van der Waals surface area contributed by atoms with Gasteiger partial charge in [-0.05, 0) is 37.1 Å². The number of anilines is 1. The summed E-state index contributed by atoms with van der Waals surface area (Å²) in [4.78, 5) is 30.3. The second-order valence-corrected chi connectivity index (χ2v) is 7.30. The molecule has 0 spiro atoms. The largest absolute Gasteiger partial charge is 0.369 e. The Hall–Kier alpha value is -2.76. The van der Waals surface area contributed by atoms with Gasteiger partial charge in [0.15, 0.2) is 5.13 Å². The quantitative estimate of drug-likeness (QED) is 0.837. The van der Waals surface area contributed by atoms with Crippen LogP contribution < -0.4 is 11.1 Å². The van der Waals surface area contributed by atoms with E-state index >= 15 is 0 Å². The fourth-order valence-electron chi connectivity index (χ4n) is 3.00. The van der Waals surface area contributed by atoms with Gasteiger partial charge in [-0.2, -0.15) is 5.26 Å². The molecule has 2 aromatic rings. The first kappa shape index (κ1) is 18.0. The minimum atomic E-state index is -0.262. The molecule has 0 unspecified atom stereocenters. The molecule has 3 rings (SSSR count). The average Bonchev–Trinajstić information content (AvgIpc) is 3.10. The standard InChI is InChI=1S/C18H19N5O2S/c19-8-15-9-21-18(26-15)22-17(25)13-5-3-12(4-6-13)10-23-7-1-2-14(11-23)16(20)24/h3-6,9,14H,1-2,7,10-11H2,(H2,20,24)(H,21,22,25)/t14-/m1/s1. The Morgan fingerprint density at radius 3 is 2.81 bits per heavy atom. The number of hydrogen-bond donors (Lipinski definition) is 2. The third-order valence-electron chi connectivity index (χ3n) is 4.37. The van der Waals surface area contributed by atoms with Gasteiger partial charge < -0.3 is 5.73 Å². The molecular weight excluding hydrogens is 350 g/mol. The normalized spacial score (nSPS) is 17.4. The van der Waals surface area contributed by atoms with E-state index in [1.165, 1.54) is 6.20 Å².